The zero-order chi connectivity index (χ0) is 26.0. The fourth-order valence-electron chi connectivity index (χ4n) is 5.09. The van der Waals surface area contributed by atoms with Crippen LogP contribution in [0.25, 0.3) is 0 Å². The van der Waals surface area contributed by atoms with Gasteiger partial charge in [-0.3, -0.25) is 4.79 Å². The zero-order valence-corrected chi connectivity index (χ0v) is 23.2. The number of unbranched alkanes of at least 4 members (excludes halogenated alkanes) is 12. The molecular weight excluding hydrogens is 474 g/mol. The van der Waals surface area contributed by atoms with Gasteiger partial charge in [0.2, 0.25) is 5.91 Å². The van der Waals surface area contributed by atoms with Crippen LogP contribution in [-0.2, 0) is 4.79 Å². The molecule has 0 spiro atoms. The first-order valence-electron chi connectivity index (χ1n) is 14.5. The summed E-state index contributed by atoms with van der Waals surface area (Å²) in [5, 5.41) is 29.1. The van der Waals surface area contributed by atoms with E-state index in [1.807, 2.05) is 17.8 Å². The number of aliphatic hydroxyl groups excluding tert-OH is 2. The molecule has 0 aromatic rings. The predicted octanol–water partition coefficient (Wildman–Crippen LogP) is 4.81. The standard InChI is InChI=1S/C28H51N3O4S/c1-2-3-4-5-6-7-8-9-10-11-12-13-14-17-24(33)22(20-32)29-26(34)19-16-15-18-25-27-23(21-36-25)30-28(35)31-27/h14,17,22-25,27,32-33H,2-13,15-16,18-21H2,1H3,(H,29,34)(H2,30,31,35)/b17-14+/t22-,23-,24+,25-,27-/m0/s1. The second kappa shape index (κ2) is 18.9. The Balaban J connectivity index is 1.46. The minimum absolute atomic E-state index is 0.0730. The van der Waals surface area contributed by atoms with Crippen LogP contribution in [0.1, 0.15) is 110 Å². The molecule has 2 aliphatic rings. The number of hydrogen-bond donors (Lipinski definition) is 5. The summed E-state index contributed by atoms with van der Waals surface area (Å²) in [6.45, 7) is 1.97. The minimum atomic E-state index is -0.878. The lowest BCUT2D eigenvalue weighted by Gasteiger charge is -2.20. The Bertz CT molecular complexity index is 648. The van der Waals surface area contributed by atoms with Gasteiger partial charge >= 0.3 is 6.03 Å². The molecule has 208 valence electrons. The molecule has 0 saturated carbocycles. The van der Waals surface area contributed by atoms with Crippen molar-refractivity contribution in [2.75, 3.05) is 12.4 Å². The van der Waals surface area contributed by atoms with Crippen LogP contribution in [0.15, 0.2) is 12.2 Å². The van der Waals surface area contributed by atoms with Crippen LogP contribution in [0, 0.1) is 0 Å². The summed E-state index contributed by atoms with van der Waals surface area (Å²) in [6, 6.07) is -0.319. The normalized spacial score (nSPS) is 22.9. The van der Waals surface area contributed by atoms with E-state index in [1.54, 1.807) is 6.08 Å². The SMILES string of the molecule is CCCCCCCCCCCCC/C=C/[C@@H](O)[C@H](CO)NC(=O)CCCC[C@@H]1SC[C@@H]2NC(=O)N[C@@H]21. The maximum atomic E-state index is 12.3. The van der Waals surface area contributed by atoms with E-state index in [1.165, 1.54) is 64.2 Å². The van der Waals surface area contributed by atoms with E-state index in [0.717, 1.165) is 37.9 Å². The molecule has 2 fully saturated rings. The molecule has 0 bridgehead atoms. The number of nitrogens with one attached hydrogen (secondary N) is 3. The second-order valence-corrected chi connectivity index (χ2v) is 11.7. The first-order chi connectivity index (χ1) is 17.5. The number of rotatable bonds is 21. The van der Waals surface area contributed by atoms with Gasteiger partial charge in [-0.1, -0.05) is 89.7 Å². The Morgan fingerprint density at radius 3 is 2.36 bits per heavy atom. The summed E-state index contributed by atoms with van der Waals surface area (Å²) < 4.78 is 0. The number of hydrogen-bond acceptors (Lipinski definition) is 5. The zero-order valence-electron chi connectivity index (χ0n) is 22.4. The van der Waals surface area contributed by atoms with Crippen LogP contribution in [0.5, 0.6) is 0 Å². The van der Waals surface area contributed by atoms with Crippen LogP contribution < -0.4 is 16.0 Å². The molecule has 2 heterocycles. The molecular formula is C28H51N3O4S. The Labute approximate surface area is 223 Å². The van der Waals surface area contributed by atoms with E-state index in [2.05, 4.69) is 22.9 Å². The summed E-state index contributed by atoms with van der Waals surface area (Å²) in [4.78, 5) is 23.8. The quantitative estimate of drug-likeness (QED) is 0.0839. The summed E-state index contributed by atoms with van der Waals surface area (Å²) >= 11 is 1.88. The lowest BCUT2D eigenvalue weighted by atomic mass is 10.0. The Morgan fingerprint density at radius 1 is 1.03 bits per heavy atom. The number of carbonyl (C=O) groups is 2. The third-order valence-electron chi connectivity index (χ3n) is 7.34. The van der Waals surface area contributed by atoms with Gasteiger partial charge in [-0.05, 0) is 25.7 Å². The average Bonchev–Trinajstić information content (AvgIpc) is 3.42. The van der Waals surface area contributed by atoms with Gasteiger partial charge in [-0.2, -0.15) is 11.8 Å². The third-order valence-corrected chi connectivity index (χ3v) is 8.85. The number of thioether (sulfide) groups is 1. The van der Waals surface area contributed by atoms with Crippen molar-refractivity contribution in [1.82, 2.24) is 16.0 Å². The summed E-state index contributed by atoms with van der Waals surface area (Å²) in [7, 11) is 0. The molecule has 0 aliphatic carbocycles. The average molecular weight is 526 g/mol. The van der Waals surface area contributed by atoms with Gasteiger partial charge in [0, 0.05) is 17.4 Å². The van der Waals surface area contributed by atoms with Gasteiger partial charge in [0.1, 0.15) is 0 Å². The van der Waals surface area contributed by atoms with Crippen LogP contribution in [0.4, 0.5) is 4.79 Å². The molecule has 2 saturated heterocycles. The molecule has 2 rings (SSSR count). The first-order valence-corrected chi connectivity index (χ1v) is 15.5. The van der Waals surface area contributed by atoms with Crippen molar-refractivity contribution >= 4 is 23.7 Å². The molecule has 5 N–H and O–H groups in total. The van der Waals surface area contributed by atoms with Crippen molar-refractivity contribution in [3.63, 3.8) is 0 Å². The summed E-state index contributed by atoms with van der Waals surface area (Å²) in [6.07, 6.45) is 21.2. The van der Waals surface area contributed by atoms with Gasteiger partial charge in [-0.15, -0.1) is 0 Å². The lowest BCUT2D eigenvalue weighted by Crippen LogP contribution is -2.45. The summed E-state index contributed by atoms with van der Waals surface area (Å²) in [5.41, 5.74) is 0. The van der Waals surface area contributed by atoms with Crippen molar-refractivity contribution in [2.24, 2.45) is 0 Å². The van der Waals surface area contributed by atoms with Crippen LogP contribution in [-0.4, -0.2) is 64.0 Å². The molecule has 0 radical (unpaired) electrons. The van der Waals surface area contributed by atoms with Crippen molar-refractivity contribution in [3.05, 3.63) is 12.2 Å². The van der Waals surface area contributed by atoms with Crippen molar-refractivity contribution in [2.45, 2.75) is 139 Å². The van der Waals surface area contributed by atoms with Gasteiger partial charge in [0.05, 0.1) is 30.8 Å². The number of fused-ring (bicyclic) bond motifs is 1. The molecule has 0 aromatic heterocycles. The largest absolute Gasteiger partial charge is 0.394 e. The van der Waals surface area contributed by atoms with E-state index in [-0.39, 0.29) is 30.6 Å². The van der Waals surface area contributed by atoms with Crippen LogP contribution in [0.3, 0.4) is 0 Å². The first kappa shape index (κ1) is 31.0. The van der Waals surface area contributed by atoms with E-state index < -0.39 is 12.1 Å². The monoisotopic (exact) mass is 525 g/mol. The third kappa shape index (κ3) is 12.3. The molecule has 0 unspecified atom stereocenters. The van der Waals surface area contributed by atoms with E-state index in [9.17, 15) is 19.8 Å². The number of carbonyl (C=O) groups excluding carboxylic acids is 2. The highest BCUT2D eigenvalue weighted by atomic mass is 32.2. The van der Waals surface area contributed by atoms with Gasteiger partial charge in [-0.25, -0.2) is 4.79 Å². The highest BCUT2D eigenvalue weighted by molar-refractivity contribution is 8.00. The number of amides is 3. The maximum Gasteiger partial charge on any atom is 0.315 e. The number of allylic oxidation sites excluding steroid dienone is 1. The Hall–Kier alpha value is -1.25. The van der Waals surface area contributed by atoms with Gasteiger partial charge in [0.15, 0.2) is 0 Å². The Morgan fingerprint density at radius 2 is 1.69 bits per heavy atom. The summed E-state index contributed by atoms with van der Waals surface area (Å²) in [5.74, 6) is 0.803. The van der Waals surface area contributed by atoms with E-state index in [0.29, 0.717) is 11.7 Å². The molecule has 5 atom stereocenters. The van der Waals surface area contributed by atoms with Gasteiger partial charge in [0.25, 0.3) is 0 Å². The maximum absolute atomic E-state index is 12.3. The smallest absolute Gasteiger partial charge is 0.315 e. The van der Waals surface area contributed by atoms with Crippen LogP contribution in [0.2, 0.25) is 0 Å². The second-order valence-electron chi connectivity index (χ2n) is 10.5. The van der Waals surface area contributed by atoms with E-state index in [4.69, 9.17) is 0 Å². The van der Waals surface area contributed by atoms with Crippen LogP contribution >= 0.6 is 11.8 Å². The molecule has 7 nitrogen and oxygen atoms in total. The highest BCUT2D eigenvalue weighted by Crippen LogP contribution is 2.33. The number of urea groups is 1. The van der Waals surface area contributed by atoms with Crippen molar-refractivity contribution in [3.8, 4) is 0 Å². The molecule has 0 aromatic carbocycles. The topological polar surface area (TPSA) is 111 Å². The predicted molar refractivity (Wildman–Crippen MR) is 149 cm³/mol. The molecule has 2 aliphatic heterocycles. The highest BCUT2D eigenvalue weighted by Gasteiger charge is 2.42. The van der Waals surface area contributed by atoms with E-state index >= 15 is 0 Å². The minimum Gasteiger partial charge on any atom is -0.394 e. The lowest BCUT2D eigenvalue weighted by molar-refractivity contribution is -0.123. The molecule has 3 amide bonds. The Kier molecular flexibility index (Phi) is 16.3. The van der Waals surface area contributed by atoms with Crippen molar-refractivity contribution < 1.29 is 19.8 Å². The fourth-order valence-corrected chi connectivity index (χ4v) is 6.63. The van der Waals surface area contributed by atoms with Crippen molar-refractivity contribution in [1.29, 1.82) is 0 Å². The fraction of sp³-hybridized carbons (Fsp3) is 0.857. The van der Waals surface area contributed by atoms with Gasteiger partial charge < -0.3 is 26.2 Å². The number of aliphatic hydroxyl groups is 2. The molecule has 8 heteroatoms. The molecule has 36 heavy (non-hydrogen) atoms.